The number of H-pyrrole nitrogens is 1. The number of aromatic amines is 1. The largest absolute Gasteiger partial charge is 0.465 e. The van der Waals surface area contributed by atoms with Crippen molar-refractivity contribution in [3.05, 3.63) is 52.3 Å². The minimum absolute atomic E-state index is 0.208. The molecule has 1 aromatic carbocycles. The van der Waals surface area contributed by atoms with Crippen molar-refractivity contribution in [1.29, 1.82) is 0 Å². The molecule has 0 aliphatic carbocycles. The van der Waals surface area contributed by atoms with Crippen LogP contribution in [0.25, 0.3) is 0 Å². The molecule has 3 N–H and O–H groups in total. The number of benzene rings is 1. The molecular formula is C19H23N3O4. The first-order valence-corrected chi connectivity index (χ1v) is 8.42. The van der Waals surface area contributed by atoms with Gasteiger partial charge in [-0.05, 0) is 44.0 Å². The Morgan fingerprint density at radius 1 is 1.15 bits per heavy atom. The molecular weight excluding hydrogens is 334 g/mol. The summed E-state index contributed by atoms with van der Waals surface area (Å²) in [6.45, 7) is 5.94. The highest BCUT2D eigenvalue weighted by atomic mass is 16.5. The van der Waals surface area contributed by atoms with E-state index in [2.05, 4.69) is 15.6 Å². The highest BCUT2D eigenvalue weighted by Crippen LogP contribution is 2.21. The highest BCUT2D eigenvalue weighted by molar-refractivity contribution is 6.07. The van der Waals surface area contributed by atoms with Crippen molar-refractivity contribution in [2.24, 2.45) is 0 Å². The average molecular weight is 357 g/mol. The molecule has 0 spiro atoms. The molecule has 0 aliphatic heterocycles. The highest BCUT2D eigenvalue weighted by Gasteiger charge is 2.23. The maximum absolute atomic E-state index is 12.6. The first-order valence-electron chi connectivity index (χ1n) is 8.42. The van der Waals surface area contributed by atoms with Gasteiger partial charge in [-0.2, -0.15) is 0 Å². The van der Waals surface area contributed by atoms with E-state index in [-0.39, 0.29) is 11.8 Å². The monoisotopic (exact) mass is 357 g/mol. The summed E-state index contributed by atoms with van der Waals surface area (Å²) in [5.74, 6) is -1.07. The van der Waals surface area contributed by atoms with Crippen LogP contribution in [-0.2, 0) is 11.2 Å². The zero-order valence-corrected chi connectivity index (χ0v) is 15.4. The van der Waals surface area contributed by atoms with Gasteiger partial charge in [0.15, 0.2) is 0 Å². The molecule has 2 aromatic rings. The van der Waals surface area contributed by atoms with Gasteiger partial charge in [0.25, 0.3) is 11.8 Å². The van der Waals surface area contributed by atoms with E-state index in [1.807, 2.05) is 13.8 Å². The number of aryl methyl sites for hydroxylation is 1. The van der Waals surface area contributed by atoms with Crippen LogP contribution >= 0.6 is 0 Å². The minimum atomic E-state index is -0.479. The lowest BCUT2D eigenvalue weighted by Crippen LogP contribution is -2.23. The summed E-state index contributed by atoms with van der Waals surface area (Å²) in [5.41, 5.74) is 2.81. The lowest BCUT2D eigenvalue weighted by Gasteiger charge is -2.07. The van der Waals surface area contributed by atoms with Gasteiger partial charge < -0.3 is 20.4 Å². The molecule has 0 aliphatic rings. The predicted molar refractivity (Wildman–Crippen MR) is 98.6 cm³/mol. The van der Waals surface area contributed by atoms with Gasteiger partial charge in [0, 0.05) is 23.5 Å². The number of amides is 2. The fourth-order valence-electron chi connectivity index (χ4n) is 2.72. The Kier molecular flexibility index (Phi) is 6.16. The Morgan fingerprint density at radius 2 is 1.88 bits per heavy atom. The van der Waals surface area contributed by atoms with Gasteiger partial charge in [-0.25, -0.2) is 4.79 Å². The third kappa shape index (κ3) is 3.93. The molecule has 0 bridgehead atoms. The molecule has 2 rings (SSSR count). The van der Waals surface area contributed by atoms with Gasteiger partial charge in [0.1, 0.15) is 5.69 Å². The zero-order chi connectivity index (χ0) is 19.3. The number of aromatic nitrogens is 1. The molecule has 1 aromatic heterocycles. The van der Waals surface area contributed by atoms with E-state index in [4.69, 9.17) is 4.74 Å². The summed E-state index contributed by atoms with van der Waals surface area (Å²) in [5, 5.41) is 5.47. The Morgan fingerprint density at radius 3 is 2.50 bits per heavy atom. The quantitative estimate of drug-likeness (QED) is 0.692. The maximum atomic E-state index is 12.6. The molecule has 1 heterocycles. The van der Waals surface area contributed by atoms with E-state index in [9.17, 15) is 14.4 Å². The first kappa shape index (κ1) is 19.2. The molecule has 0 unspecified atom stereocenters. The van der Waals surface area contributed by atoms with Crippen LogP contribution in [0, 0.1) is 6.92 Å². The number of anilines is 1. The number of nitrogens with one attached hydrogen (secondary N) is 3. The van der Waals surface area contributed by atoms with Gasteiger partial charge in [0.05, 0.1) is 12.7 Å². The van der Waals surface area contributed by atoms with E-state index in [0.29, 0.717) is 46.7 Å². The van der Waals surface area contributed by atoms with Gasteiger partial charge in [-0.15, -0.1) is 0 Å². The van der Waals surface area contributed by atoms with Crippen molar-refractivity contribution in [3.63, 3.8) is 0 Å². The smallest absolute Gasteiger partial charge is 0.339 e. The summed E-state index contributed by atoms with van der Waals surface area (Å²) in [4.78, 5) is 39.5. The van der Waals surface area contributed by atoms with Crippen molar-refractivity contribution in [3.8, 4) is 0 Å². The molecule has 138 valence electrons. The van der Waals surface area contributed by atoms with E-state index in [1.165, 1.54) is 7.11 Å². The Bertz CT molecular complexity index is 839. The zero-order valence-electron chi connectivity index (χ0n) is 15.4. The number of esters is 1. The Labute approximate surface area is 152 Å². The minimum Gasteiger partial charge on any atom is -0.465 e. The fourth-order valence-corrected chi connectivity index (χ4v) is 2.72. The van der Waals surface area contributed by atoms with E-state index in [1.54, 1.807) is 31.2 Å². The summed E-state index contributed by atoms with van der Waals surface area (Å²) >= 11 is 0. The standard InChI is InChI=1S/C19H23N3O4/c1-5-14-15(19(25)26-4)11(3)16(22-14)18(24)21-13-9-7-8-12(10-13)17(23)20-6-2/h7-10,22H,5-6H2,1-4H3,(H,20,23)(H,21,24). The molecule has 2 amide bonds. The predicted octanol–water partition coefficient (Wildman–Crippen LogP) is 2.67. The van der Waals surface area contributed by atoms with Crippen LogP contribution in [0.1, 0.15) is 56.3 Å². The second kappa shape index (κ2) is 8.33. The van der Waals surface area contributed by atoms with Gasteiger partial charge in [-0.1, -0.05) is 13.0 Å². The van der Waals surface area contributed by atoms with Crippen molar-refractivity contribution < 1.29 is 19.1 Å². The van der Waals surface area contributed by atoms with E-state index in [0.717, 1.165) is 0 Å². The van der Waals surface area contributed by atoms with Crippen molar-refractivity contribution >= 4 is 23.5 Å². The Balaban J connectivity index is 2.28. The van der Waals surface area contributed by atoms with Crippen LogP contribution in [0.3, 0.4) is 0 Å². The van der Waals surface area contributed by atoms with Crippen LogP contribution in [-0.4, -0.2) is 36.4 Å². The number of rotatable bonds is 6. The average Bonchev–Trinajstić information content (AvgIpc) is 2.98. The van der Waals surface area contributed by atoms with E-state index < -0.39 is 5.97 Å². The second-order valence-corrected chi connectivity index (χ2v) is 5.72. The summed E-state index contributed by atoms with van der Waals surface area (Å²) in [6.07, 6.45) is 0.561. The topological polar surface area (TPSA) is 100 Å². The van der Waals surface area contributed by atoms with Crippen molar-refractivity contribution in [2.75, 3.05) is 19.0 Å². The van der Waals surface area contributed by atoms with Crippen LogP contribution in [0.2, 0.25) is 0 Å². The van der Waals surface area contributed by atoms with Crippen LogP contribution < -0.4 is 10.6 Å². The van der Waals surface area contributed by atoms with Gasteiger partial charge in [0.2, 0.25) is 0 Å². The van der Waals surface area contributed by atoms with Gasteiger partial charge >= 0.3 is 5.97 Å². The molecule has 7 nitrogen and oxygen atoms in total. The molecule has 0 radical (unpaired) electrons. The second-order valence-electron chi connectivity index (χ2n) is 5.72. The number of ether oxygens (including phenoxy) is 1. The SMILES string of the molecule is CCNC(=O)c1cccc(NC(=O)c2[nH]c(CC)c(C(=O)OC)c2C)c1. The van der Waals surface area contributed by atoms with Crippen LogP contribution in [0.15, 0.2) is 24.3 Å². The first-order chi connectivity index (χ1) is 12.4. The molecule has 0 fully saturated rings. The molecule has 7 heteroatoms. The number of hydrogen-bond donors (Lipinski definition) is 3. The Hall–Kier alpha value is -3.09. The third-order valence-electron chi connectivity index (χ3n) is 4.02. The number of carbonyl (C=O) groups excluding carboxylic acids is 3. The molecule has 0 saturated heterocycles. The molecule has 0 saturated carbocycles. The van der Waals surface area contributed by atoms with E-state index >= 15 is 0 Å². The number of hydrogen-bond acceptors (Lipinski definition) is 4. The molecule has 26 heavy (non-hydrogen) atoms. The van der Waals surface area contributed by atoms with Gasteiger partial charge in [-0.3, -0.25) is 9.59 Å². The van der Waals surface area contributed by atoms with Crippen molar-refractivity contribution in [2.45, 2.75) is 27.2 Å². The third-order valence-corrected chi connectivity index (χ3v) is 4.02. The normalized spacial score (nSPS) is 10.3. The molecule has 0 atom stereocenters. The number of carbonyl (C=O) groups is 3. The maximum Gasteiger partial charge on any atom is 0.339 e. The van der Waals surface area contributed by atoms with Crippen molar-refractivity contribution in [1.82, 2.24) is 10.3 Å². The summed E-state index contributed by atoms with van der Waals surface area (Å²) in [7, 11) is 1.31. The fraction of sp³-hybridized carbons (Fsp3) is 0.316. The van der Waals surface area contributed by atoms with Crippen LogP contribution in [0.4, 0.5) is 5.69 Å². The summed E-state index contributed by atoms with van der Waals surface area (Å²) in [6, 6.07) is 6.66. The number of methoxy groups -OCH3 is 1. The van der Waals surface area contributed by atoms with Crippen LogP contribution in [0.5, 0.6) is 0 Å². The summed E-state index contributed by atoms with van der Waals surface area (Å²) < 4.78 is 4.80. The lowest BCUT2D eigenvalue weighted by atomic mass is 10.1. The lowest BCUT2D eigenvalue weighted by molar-refractivity contribution is 0.0598.